The first-order valence-corrected chi connectivity index (χ1v) is 8.88. The normalized spacial score (nSPS) is 14.4. The van der Waals surface area contributed by atoms with Crippen LogP contribution in [0.25, 0.3) is 0 Å². The van der Waals surface area contributed by atoms with E-state index in [1.165, 1.54) is 13.0 Å². The average Bonchev–Trinajstić information content (AvgIpc) is 2.69. The molecule has 0 aliphatic carbocycles. The van der Waals surface area contributed by atoms with Crippen LogP contribution in [0.1, 0.15) is 35.7 Å². The molecule has 0 atom stereocenters. The molecule has 1 aliphatic rings. The van der Waals surface area contributed by atoms with E-state index in [4.69, 9.17) is 5.26 Å². The molecule has 0 aromatic heterocycles. The molecule has 1 saturated heterocycles. The SMILES string of the molecule is CC(=O)c1ccc(C#N)cc1N1CCC(C(=O)Nc2ccccc2O)CC1. The summed E-state index contributed by atoms with van der Waals surface area (Å²) in [5.74, 6) is -0.286. The third kappa shape index (κ3) is 4.09. The van der Waals surface area contributed by atoms with Gasteiger partial charge >= 0.3 is 0 Å². The Hall–Kier alpha value is -3.33. The van der Waals surface area contributed by atoms with Gasteiger partial charge in [-0.3, -0.25) is 9.59 Å². The van der Waals surface area contributed by atoms with Crippen molar-refractivity contribution in [2.24, 2.45) is 5.92 Å². The first-order valence-electron chi connectivity index (χ1n) is 8.88. The molecule has 0 saturated carbocycles. The molecule has 6 heteroatoms. The molecule has 2 N–H and O–H groups in total. The summed E-state index contributed by atoms with van der Waals surface area (Å²) in [5, 5.41) is 21.7. The van der Waals surface area contributed by atoms with Crippen LogP contribution in [0, 0.1) is 17.2 Å². The van der Waals surface area contributed by atoms with Crippen molar-refractivity contribution in [3.63, 3.8) is 0 Å². The number of nitrogens with zero attached hydrogens (tertiary/aromatic N) is 2. The van der Waals surface area contributed by atoms with Crippen molar-refractivity contribution in [1.29, 1.82) is 5.26 Å². The van der Waals surface area contributed by atoms with Gasteiger partial charge in [-0.1, -0.05) is 12.1 Å². The average molecular weight is 363 g/mol. The standard InChI is InChI=1S/C21H21N3O3/c1-14(25)17-7-6-15(13-22)12-19(17)24-10-8-16(9-11-24)21(27)23-18-4-2-3-5-20(18)26/h2-7,12,16,26H,8-11H2,1H3,(H,23,27). The molecule has 138 valence electrons. The minimum absolute atomic E-state index is 0.0442. The number of rotatable bonds is 4. The van der Waals surface area contributed by atoms with E-state index in [0.717, 1.165) is 5.69 Å². The largest absolute Gasteiger partial charge is 0.506 e. The van der Waals surface area contributed by atoms with Crippen LogP contribution in [0.5, 0.6) is 5.75 Å². The molecule has 0 spiro atoms. The number of carbonyl (C=O) groups is 2. The van der Waals surface area contributed by atoms with E-state index in [9.17, 15) is 14.7 Å². The third-order valence-corrected chi connectivity index (χ3v) is 4.87. The number of aromatic hydroxyl groups is 1. The molecule has 6 nitrogen and oxygen atoms in total. The van der Waals surface area contributed by atoms with Gasteiger partial charge in [0.2, 0.25) is 5.91 Å². The Labute approximate surface area is 158 Å². The maximum absolute atomic E-state index is 12.5. The summed E-state index contributed by atoms with van der Waals surface area (Å²) in [6.07, 6.45) is 1.26. The van der Waals surface area contributed by atoms with Crippen LogP contribution in [-0.4, -0.2) is 29.9 Å². The fraction of sp³-hybridized carbons (Fsp3) is 0.286. The van der Waals surface area contributed by atoms with Crippen LogP contribution < -0.4 is 10.2 Å². The lowest BCUT2D eigenvalue weighted by molar-refractivity contribution is -0.120. The zero-order chi connectivity index (χ0) is 19.4. The van der Waals surface area contributed by atoms with Crippen LogP contribution in [0.4, 0.5) is 11.4 Å². The van der Waals surface area contributed by atoms with Gasteiger partial charge in [0.1, 0.15) is 5.75 Å². The minimum atomic E-state index is -0.166. The molecule has 1 fully saturated rings. The number of hydrogen-bond acceptors (Lipinski definition) is 5. The molecule has 0 radical (unpaired) electrons. The number of phenols is 1. The van der Waals surface area contributed by atoms with Gasteiger partial charge in [-0.05, 0) is 50.1 Å². The van der Waals surface area contributed by atoms with Crippen LogP contribution in [0.2, 0.25) is 0 Å². The number of benzene rings is 2. The number of anilines is 2. The quantitative estimate of drug-likeness (QED) is 0.642. The van der Waals surface area contributed by atoms with Crippen molar-refractivity contribution in [3.05, 3.63) is 53.6 Å². The molecule has 1 heterocycles. The molecular weight excluding hydrogens is 342 g/mol. The molecule has 2 aromatic rings. The molecule has 27 heavy (non-hydrogen) atoms. The maximum Gasteiger partial charge on any atom is 0.227 e. The second kappa shape index (κ2) is 7.92. The lowest BCUT2D eigenvalue weighted by Gasteiger charge is -2.34. The number of nitriles is 1. The molecule has 3 rings (SSSR count). The molecule has 2 aromatic carbocycles. The van der Waals surface area contributed by atoms with Crippen molar-refractivity contribution in [1.82, 2.24) is 0 Å². The number of carbonyl (C=O) groups excluding carboxylic acids is 2. The summed E-state index contributed by atoms with van der Waals surface area (Å²) in [7, 11) is 0. The van der Waals surface area contributed by atoms with Crippen LogP contribution in [0.3, 0.4) is 0 Å². The number of nitrogens with one attached hydrogen (secondary N) is 1. The number of phenolic OH excluding ortho intramolecular Hbond substituents is 1. The predicted molar refractivity (Wildman–Crippen MR) is 103 cm³/mol. The third-order valence-electron chi connectivity index (χ3n) is 4.87. The molecule has 1 aliphatic heterocycles. The van der Waals surface area contributed by atoms with Gasteiger partial charge in [-0.25, -0.2) is 0 Å². The van der Waals surface area contributed by atoms with E-state index in [-0.39, 0.29) is 23.4 Å². The van der Waals surface area contributed by atoms with E-state index < -0.39 is 0 Å². The first kappa shape index (κ1) is 18.5. The second-order valence-corrected chi connectivity index (χ2v) is 6.67. The van der Waals surface area contributed by atoms with Gasteiger partial charge in [-0.2, -0.15) is 5.26 Å². The van der Waals surface area contributed by atoms with Gasteiger partial charge < -0.3 is 15.3 Å². The van der Waals surface area contributed by atoms with Gasteiger partial charge in [0.05, 0.1) is 17.3 Å². The summed E-state index contributed by atoms with van der Waals surface area (Å²) in [6, 6.07) is 13.8. The maximum atomic E-state index is 12.5. The van der Waals surface area contributed by atoms with Crippen molar-refractivity contribution in [2.45, 2.75) is 19.8 Å². The van der Waals surface area contributed by atoms with Crippen molar-refractivity contribution >= 4 is 23.1 Å². The fourth-order valence-electron chi connectivity index (χ4n) is 3.36. The van der Waals surface area contributed by atoms with Gasteiger partial charge in [0.25, 0.3) is 0 Å². The zero-order valence-electron chi connectivity index (χ0n) is 15.1. The summed E-state index contributed by atoms with van der Waals surface area (Å²) >= 11 is 0. The Balaban J connectivity index is 1.69. The molecule has 1 amide bonds. The number of hydrogen-bond donors (Lipinski definition) is 2. The number of Topliss-reactive ketones (excluding diaryl/α,β-unsaturated/α-hetero) is 1. The summed E-state index contributed by atoms with van der Waals surface area (Å²) < 4.78 is 0. The Morgan fingerprint density at radius 1 is 1.19 bits per heavy atom. The highest BCUT2D eigenvalue weighted by molar-refractivity contribution is 6.00. The Bertz CT molecular complexity index is 909. The number of piperidine rings is 1. The van der Waals surface area contributed by atoms with Crippen molar-refractivity contribution in [3.8, 4) is 11.8 Å². The smallest absolute Gasteiger partial charge is 0.227 e. The Morgan fingerprint density at radius 2 is 1.89 bits per heavy atom. The number of para-hydroxylation sites is 2. The Kier molecular flexibility index (Phi) is 5.41. The Morgan fingerprint density at radius 3 is 2.52 bits per heavy atom. The van der Waals surface area contributed by atoms with Crippen LogP contribution >= 0.6 is 0 Å². The highest BCUT2D eigenvalue weighted by Crippen LogP contribution is 2.29. The summed E-state index contributed by atoms with van der Waals surface area (Å²) in [6.45, 7) is 2.75. The second-order valence-electron chi connectivity index (χ2n) is 6.67. The van der Waals surface area contributed by atoms with Gasteiger partial charge in [0, 0.05) is 30.3 Å². The lowest BCUT2D eigenvalue weighted by atomic mass is 9.94. The molecular formula is C21H21N3O3. The van der Waals surface area contributed by atoms with Gasteiger partial charge in [0.15, 0.2) is 5.78 Å². The van der Waals surface area contributed by atoms with E-state index in [0.29, 0.717) is 42.7 Å². The lowest BCUT2D eigenvalue weighted by Crippen LogP contribution is -2.38. The molecule has 0 bridgehead atoms. The van der Waals surface area contributed by atoms with Crippen molar-refractivity contribution < 1.29 is 14.7 Å². The van der Waals surface area contributed by atoms with E-state index >= 15 is 0 Å². The number of amides is 1. The van der Waals surface area contributed by atoms with Crippen molar-refractivity contribution in [2.75, 3.05) is 23.3 Å². The molecule has 0 unspecified atom stereocenters. The van der Waals surface area contributed by atoms with E-state index in [1.807, 2.05) is 0 Å². The predicted octanol–water partition coefficient (Wildman–Crippen LogP) is 3.32. The fourth-order valence-corrected chi connectivity index (χ4v) is 3.36. The van der Waals surface area contributed by atoms with E-state index in [1.54, 1.807) is 36.4 Å². The minimum Gasteiger partial charge on any atom is -0.506 e. The van der Waals surface area contributed by atoms with Crippen LogP contribution in [0.15, 0.2) is 42.5 Å². The highest BCUT2D eigenvalue weighted by Gasteiger charge is 2.27. The monoisotopic (exact) mass is 363 g/mol. The zero-order valence-corrected chi connectivity index (χ0v) is 15.1. The van der Waals surface area contributed by atoms with Gasteiger partial charge in [-0.15, -0.1) is 0 Å². The van der Waals surface area contributed by atoms with Crippen LogP contribution in [-0.2, 0) is 4.79 Å². The summed E-state index contributed by atoms with van der Waals surface area (Å²) in [4.78, 5) is 26.5. The first-order chi connectivity index (χ1) is 13.0. The summed E-state index contributed by atoms with van der Waals surface area (Å²) in [5.41, 5.74) is 2.26. The topological polar surface area (TPSA) is 93.4 Å². The van der Waals surface area contributed by atoms with E-state index in [2.05, 4.69) is 16.3 Å². The number of ketones is 1. The highest BCUT2D eigenvalue weighted by atomic mass is 16.3.